The molecule has 7 nitrogen and oxygen atoms in total. The molecule has 43 heavy (non-hydrogen) atoms. The van der Waals surface area contributed by atoms with Gasteiger partial charge in [-0.25, -0.2) is 0 Å². The van der Waals surface area contributed by atoms with Crippen molar-refractivity contribution < 1.29 is 27.1 Å². The monoisotopic (exact) mass is 634 g/mol. The lowest BCUT2D eigenvalue weighted by atomic mass is 9.77. The highest BCUT2D eigenvalue weighted by molar-refractivity contribution is 7.79. The Balaban J connectivity index is 0. The molecule has 0 unspecified atom stereocenters. The molecular weight excluding hydrogens is 562 g/mol. The zero-order valence-electron chi connectivity index (χ0n) is 28.5. The van der Waals surface area contributed by atoms with Crippen LogP contribution in [0.2, 0.25) is 0 Å². The molecule has 258 valence electrons. The molecule has 0 heterocycles. The molecule has 0 fully saturated rings. The number of rotatable bonds is 31. The number of ketones is 2. The van der Waals surface area contributed by atoms with E-state index >= 15 is 0 Å². The number of unbranched alkanes of at least 4 members (excludes halogenated alkanes) is 24. The maximum atomic E-state index is 12.9. The van der Waals surface area contributed by atoms with Gasteiger partial charge in [0.25, 0.3) is 0 Å². The Morgan fingerprint density at radius 2 is 0.674 bits per heavy atom. The van der Waals surface area contributed by atoms with Crippen molar-refractivity contribution in [3.8, 4) is 0 Å². The van der Waals surface area contributed by atoms with Crippen molar-refractivity contribution in [3.63, 3.8) is 0 Å². The van der Waals surface area contributed by atoms with Gasteiger partial charge >= 0.3 is 10.4 Å². The van der Waals surface area contributed by atoms with E-state index in [9.17, 15) is 9.59 Å². The molecule has 0 amide bonds. The molecule has 0 aliphatic rings. The second-order valence-electron chi connectivity index (χ2n) is 12.8. The third-order valence-electron chi connectivity index (χ3n) is 8.65. The van der Waals surface area contributed by atoms with E-state index in [1.165, 1.54) is 141 Å². The van der Waals surface area contributed by atoms with Crippen LogP contribution in [0.15, 0.2) is 0 Å². The molecule has 0 rings (SSSR count). The van der Waals surface area contributed by atoms with E-state index in [-0.39, 0.29) is 18.1 Å². The summed E-state index contributed by atoms with van der Waals surface area (Å²) >= 11 is 0. The minimum absolute atomic E-state index is 0.0720. The van der Waals surface area contributed by atoms with Crippen LogP contribution in [0, 0.1) is 5.41 Å². The summed E-state index contributed by atoms with van der Waals surface area (Å²) in [5.41, 5.74) is 4.99. The lowest BCUT2D eigenvalue weighted by molar-refractivity contribution is -0.139. The van der Waals surface area contributed by atoms with Crippen molar-refractivity contribution >= 4 is 22.0 Å². The van der Waals surface area contributed by atoms with Crippen LogP contribution in [0.5, 0.6) is 0 Å². The number of carbonyl (C=O) groups excluding carboxylic acids is 2. The van der Waals surface area contributed by atoms with Gasteiger partial charge in [-0.05, 0) is 19.8 Å². The largest absolute Gasteiger partial charge is 0.394 e. The lowest BCUT2D eigenvalue weighted by Crippen LogP contribution is -2.43. The molecule has 8 heteroatoms. The van der Waals surface area contributed by atoms with Gasteiger partial charge in [0.1, 0.15) is 11.6 Å². The fourth-order valence-corrected chi connectivity index (χ4v) is 5.54. The Morgan fingerprint density at radius 1 is 0.488 bits per heavy atom. The van der Waals surface area contributed by atoms with Gasteiger partial charge in [0, 0.05) is 19.4 Å². The molecule has 0 aromatic heterocycles. The Labute approximate surface area is 266 Å². The summed E-state index contributed by atoms with van der Waals surface area (Å²) in [6.45, 7) is 6.49. The van der Waals surface area contributed by atoms with Crippen LogP contribution in [0.25, 0.3) is 0 Å². The van der Waals surface area contributed by atoms with E-state index in [0.717, 1.165) is 25.7 Å². The van der Waals surface area contributed by atoms with Gasteiger partial charge in [-0.15, -0.1) is 0 Å². The van der Waals surface area contributed by atoms with Crippen molar-refractivity contribution in [1.82, 2.24) is 0 Å². The van der Waals surface area contributed by atoms with Crippen molar-refractivity contribution in [2.75, 3.05) is 6.54 Å². The first kappa shape index (κ1) is 44.3. The summed E-state index contributed by atoms with van der Waals surface area (Å²) in [5, 5.41) is 0. The Bertz CT molecular complexity index is 691. The van der Waals surface area contributed by atoms with E-state index < -0.39 is 15.8 Å². The summed E-state index contributed by atoms with van der Waals surface area (Å²) in [4.78, 5) is 25.7. The highest BCUT2D eigenvalue weighted by atomic mass is 32.3. The number of nitrogens with two attached hydrogens (primary N) is 1. The van der Waals surface area contributed by atoms with Crippen molar-refractivity contribution in [2.24, 2.45) is 11.1 Å². The highest BCUT2D eigenvalue weighted by Gasteiger charge is 2.37. The van der Waals surface area contributed by atoms with Crippen LogP contribution in [0.1, 0.15) is 201 Å². The Kier molecular flexibility index (Phi) is 32.1. The fourth-order valence-electron chi connectivity index (χ4n) is 5.54. The van der Waals surface area contributed by atoms with E-state index in [2.05, 4.69) is 13.8 Å². The summed E-state index contributed by atoms with van der Waals surface area (Å²) < 4.78 is 31.6. The number of carbonyl (C=O) groups is 2. The van der Waals surface area contributed by atoms with Crippen LogP contribution in [0.3, 0.4) is 0 Å². The molecule has 0 aliphatic carbocycles. The third kappa shape index (κ3) is 32.4. The molecule has 0 aliphatic heterocycles. The third-order valence-corrected chi connectivity index (χ3v) is 8.65. The van der Waals surface area contributed by atoms with E-state index in [4.69, 9.17) is 23.3 Å². The molecule has 0 aromatic rings. The fraction of sp³-hybridized carbons (Fsp3) is 0.943. The highest BCUT2D eigenvalue weighted by Crippen LogP contribution is 2.25. The summed E-state index contributed by atoms with van der Waals surface area (Å²) in [6.07, 6.45) is 34.7. The first-order valence-corrected chi connectivity index (χ1v) is 19.4. The zero-order valence-corrected chi connectivity index (χ0v) is 29.3. The molecule has 0 bridgehead atoms. The molecule has 0 saturated heterocycles. The van der Waals surface area contributed by atoms with Crippen LogP contribution in [-0.4, -0.2) is 35.6 Å². The predicted octanol–water partition coefficient (Wildman–Crippen LogP) is 10.4. The van der Waals surface area contributed by atoms with Crippen LogP contribution in [-0.2, 0) is 20.0 Å². The van der Waals surface area contributed by atoms with Gasteiger partial charge in [0.05, 0.1) is 5.41 Å². The first-order valence-electron chi connectivity index (χ1n) is 18.0. The zero-order chi connectivity index (χ0) is 32.7. The van der Waals surface area contributed by atoms with Crippen molar-refractivity contribution in [3.05, 3.63) is 0 Å². The van der Waals surface area contributed by atoms with E-state index in [0.29, 0.717) is 12.8 Å². The topological polar surface area (TPSA) is 135 Å². The number of hydrogen-bond acceptors (Lipinski definition) is 5. The Morgan fingerprint density at radius 3 is 0.860 bits per heavy atom. The molecule has 0 spiro atoms. The molecule has 0 aromatic carbocycles. The lowest BCUT2D eigenvalue weighted by Gasteiger charge is -2.25. The second-order valence-corrected chi connectivity index (χ2v) is 13.7. The first-order chi connectivity index (χ1) is 20.5. The van der Waals surface area contributed by atoms with Gasteiger partial charge in [-0.1, -0.05) is 168 Å². The summed E-state index contributed by atoms with van der Waals surface area (Å²) in [7, 11) is -4.67. The van der Waals surface area contributed by atoms with E-state index in [1.807, 2.05) is 0 Å². The number of Topliss-reactive ketones (excluding diaryl/α,β-unsaturated/α-hetero) is 2. The summed E-state index contributed by atoms with van der Waals surface area (Å²) in [5.74, 6) is 0.144. The quantitative estimate of drug-likeness (QED) is 0.0392. The maximum Gasteiger partial charge on any atom is 0.394 e. The number of hydrogen-bond donors (Lipinski definition) is 3. The average molecular weight is 634 g/mol. The van der Waals surface area contributed by atoms with Gasteiger partial charge < -0.3 is 5.73 Å². The molecule has 0 radical (unpaired) electrons. The van der Waals surface area contributed by atoms with E-state index in [1.54, 1.807) is 6.92 Å². The molecule has 0 atom stereocenters. The minimum Gasteiger partial charge on any atom is -0.329 e. The second kappa shape index (κ2) is 31.2. The Hall–Kier alpha value is -0.830. The van der Waals surface area contributed by atoms with Crippen LogP contribution in [0.4, 0.5) is 0 Å². The molecule has 4 N–H and O–H groups in total. The van der Waals surface area contributed by atoms with Crippen molar-refractivity contribution in [1.29, 1.82) is 0 Å². The van der Waals surface area contributed by atoms with Gasteiger partial charge in [0.2, 0.25) is 0 Å². The SMILES string of the molecule is CCCCCCCCCCCCCCCC(=O)C(C)(CN)C(=O)CCCCCCCCCCCCCCC.O=S(=O)(O)O. The minimum atomic E-state index is -4.67. The average Bonchev–Trinajstić information content (AvgIpc) is 2.96. The van der Waals surface area contributed by atoms with Crippen LogP contribution >= 0.6 is 0 Å². The standard InChI is InChI=1S/C35H69NO2.H2O4S/c1-4-6-8-10-12-14-16-18-20-22-24-26-28-30-33(37)35(3,32-36)34(38)31-29-27-25-23-21-19-17-15-13-11-9-7-5-2;1-5(2,3)4/h4-32,36H2,1-3H3;(H2,1,2,3,4). The predicted molar refractivity (Wildman–Crippen MR) is 182 cm³/mol. The van der Waals surface area contributed by atoms with Crippen molar-refractivity contribution in [2.45, 2.75) is 201 Å². The van der Waals surface area contributed by atoms with Gasteiger partial charge in [-0.3, -0.25) is 18.7 Å². The van der Waals surface area contributed by atoms with Crippen LogP contribution < -0.4 is 5.73 Å². The molecule has 0 saturated carbocycles. The molecular formula is C35H71NO6S. The smallest absolute Gasteiger partial charge is 0.329 e. The normalized spacial score (nSPS) is 11.8. The summed E-state index contributed by atoms with van der Waals surface area (Å²) in [6, 6.07) is 0. The van der Waals surface area contributed by atoms with Gasteiger partial charge in [0.15, 0.2) is 0 Å². The van der Waals surface area contributed by atoms with Gasteiger partial charge in [-0.2, -0.15) is 8.42 Å². The maximum absolute atomic E-state index is 12.9.